The van der Waals surface area contributed by atoms with Gasteiger partial charge >= 0.3 is 0 Å². The van der Waals surface area contributed by atoms with Crippen LogP contribution in [0.1, 0.15) is 48.9 Å². The Hall–Kier alpha value is -1.42. The lowest BCUT2D eigenvalue weighted by Gasteiger charge is -2.27. The van der Waals surface area contributed by atoms with E-state index in [1.54, 1.807) is 13.1 Å². The number of nitrogens with one attached hydrogen (secondary N) is 1. The fourth-order valence-electron chi connectivity index (χ4n) is 2.62. The second-order valence-corrected chi connectivity index (χ2v) is 5.02. The maximum atomic E-state index is 11.6. The third-order valence-electron chi connectivity index (χ3n) is 3.53. The molecule has 2 heterocycles. The summed E-state index contributed by atoms with van der Waals surface area (Å²) in [7, 11) is 1.63. The van der Waals surface area contributed by atoms with E-state index in [2.05, 4.69) is 29.0 Å². The van der Waals surface area contributed by atoms with Crippen LogP contribution in [0.3, 0.4) is 0 Å². The van der Waals surface area contributed by atoms with Gasteiger partial charge < -0.3 is 5.32 Å². The lowest BCUT2D eigenvalue weighted by Crippen LogP contribution is -2.31. The van der Waals surface area contributed by atoms with Crippen molar-refractivity contribution in [3.63, 3.8) is 0 Å². The van der Waals surface area contributed by atoms with Gasteiger partial charge in [0.05, 0.1) is 11.7 Å². The van der Waals surface area contributed by atoms with Crippen LogP contribution in [0.15, 0.2) is 18.2 Å². The largest absolute Gasteiger partial charge is 0.354 e. The average Bonchev–Trinajstić information content (AvgIpc) is 2.87. The molecule has 1 fully saturated rings. The molecule has 0 unspecified atom stereocenters. The fourth-order valence-corrected chi connectivity index (χ4v) is 2.62. The van der Waals surface area contributed by atoms with Gasteiger partial charge in [-0.25, -0.2) is 4.98 Å². The molecule has 1 aliphatic rings. The normalized spacial score (nSPS) is 20.3. The molecule has 1 amide bonds. The van der Waals surface area contributed by atoms with Gasteiger partial charge in [-0.15, -0.1) is 0 Å². The number of likely N-dealkylation sites (tertiary alicyclic amines) is 1. The van der Waals surface area contributed by atoms with Crippen molar-refractivity contribution in [1.29, 1.82) is 0 Å². The Morgan fingerprint density at radius 3 is 2.94 bits per heavy atom. The molecule has 18 heavy (non-hydrogen) atoms. The molecule has 4 nitrogen and oxygen atoms in total. The first kappa shape index (κ1) is 13.0. The molecule has 0 aliphatic carbocycles. The number of hydrogen-bond donors (Lipinski definition) is 1. The van der Waals surface area contributed by atoms with Gasteiger partial charge in [0.25, 0.3) is 5.91 Å². The molecule has 1 N–H and O–H groups in total. The molecule has 2 rings (SSSR count). The summed E-state index contributed by atoms with van der Waals surface area (Å²) in [5.74, 6) is -0.119. The first-order valence-electron chi connectivity index (χ1n) is 6.58. The summed E-state index contributed by atoms with van der Waals surface area (Å²) in [6, 6.07) is 6.58. The van der Waals surface area contributed by atoms with Crippen LogP contribution in [0.4, 0.5) is 0 Å². The van der Waals surface area contributed by atoms with E-state index in [0.717, 1.165) is 18.7 Å². The lowest BCUT2D eigenvalue weighted by atomic mass is 10.1. The maximum absolute atomic E-state index is 11.6. The summed E-state index contributed by atoms with van der Waals surface area (Å²) in [6.07, 6.45) is 2.33. The van der Waals surface area contributed by atoms with Gasteiger partial charge in [0.15, 0.2) is 0 Å². The zero-order valence-corrected chi connectivity index (χ0v) is 11.3. The van der Waals surface area contributed by atoms with Gasteiger partial charge in [-0.05, 0) is 45.4 Å². The van der Waals surface area contributed by atoms with E-state index in [4.69, 9.17) is 0 Å². The molecule has 4 heteroatoms. The van der Waals surface area contributed by atoms with Crippen molar-refractivity contribution in [2.75, 3.05) is 13.6 Å². The monoisotopic (exact) mass is 247 g/mol. The number of carbonyl (C=O) groups is 1. The summed E-state index contributed by atoms with van der Waals surface area (Å²) in [5, 5.41) is 2.62. The predicted octanol–water partition coefficient (Wildman–Crippen LogP) is 1.99. The van der Waals surface area contributed by atoms with E-state index >= 15 is 0 Å². The number of pyridine rings is 1. The van der Waals surface area contributed by atoms with Crippen molar-refractivity contribution in [2.24, 2.45) is 0 Å². The molecule has 0 spiro atoms. The van der Waals surface area contributed by atoms with Crippen LogP contribution in [0.25, 0.3) is 0 Å². The van der Waals surface area contributed by atoms with E-state index < -0.39 is 0 Å². The Morgan fingerprint density at radius 2 is 2.28 bits per heavy atom. The molecule has 0 saturated carbocycles. The lowest BCUT2D eigenvalue weighted by molar-refractivity contribution is 0.0957. The number of rotatable bonds is 3. The SMILES string of the molecule is CNC(=O)c1cccc([C@@H]2CCCN2C(C)C)n1. The Morgan fingerprint density at radius 1 is 1.50 bits per heavy atom. The summed E-state index contributed by atoms with van der Waals surface area (Å²) >= 11 is 0. The Labute approximate surface area is 108 Å². The summed E-state index contributed by atoms with van der Waals surface area (Å²) in [5.41, 5.74) is 1.52. The van der Waals surface area contributed by atoms with Gasteiger partial charge in [0.1, 0.15) is 5.69 Å². The van der Waals surface area contributed by atoms with Crippen LogP contribution in [-0.4, -0.2) is 35.4 Å². The predicted molar refractivity (Wildman–Crippen MR) is 71.4 cm³/mol. The van der Waals surface area contributed by atoms with Crippen molar-refractivity contribution in [3.05, 3.63) is 29.6 Å². The van der Waals surface area contributed by atoms with Crippen LogP contribution in [0.2, 0.25) is 0 Å². The molecular formula is C14H21N3O. The third kappa shape index (κ3) is 2.53. The van der Waals surface area contributed by atoms with Crippen LogP contribution >= 0.6 is 0 Å². The zero-order chi connectivity index (χ0) is 13.1. The van der Waals surface area contributed by atoms with Crippen LogP contribution in [0, 0.1) is 0 Å². The number of nitrogens with zero attached hydrogens (tertiary/aromatic N) is 2. The fraction of sp³-hybridized carbons (Fsp3) is 0.571. The molecule has 1 aliphatic heterocycles. The molecule has 1 saturated heterocycles. The number of carbonyl (C=O) groups excluding carboxylic acids is 1. The second kappa shape index (κ2) is 5.48. The van der Waals surface area contributed by atoms with Crippen LogP contribution < -0.4 is 5.32 Å². The summed E-state index contributed by atoms with van der Waals surface area (Å²) in [4.78, 5) is 18.6. The minimum atomic E-state index is -0.119. The molecule has 1 aromatic heterocycles. The minimum absolute atomic E-state index is 0.119. The number of amides is 1. The van der Waals surface area contributed by atoms with Crippen molar-refractivity contribution in [3.8, 4) is 0 Å². The third-order valence-corrected chi connectivity index (χ3v) is 3.53. The minimum Gasteiger partial charge on any atom is -0.354 e. The molecule has 0 radical (unpaired) electrons. The highest BCUT2D eigenvalue weighted by atomic mass is 16.1. The van der Waals surface area contributed by atoms with E-state index in [0.29, 0.717) is 17.8 Å². The van der Waals surface area contributed by atoms with Crippen LogP contribution in [-0.2, 0) is 0 Å². The molecule has 98 valence electrons. The molecule has 0 aromatic carbocycles. The second-order valence-electron chi connectivity index (χ2n) is 5.02. The molecule has 0 bridgehead atoms. The Bertz CT molecular complexity index is 431. The quantitative estimate of drug-likeness (QED) is 0.888. The van der Waals surface area contributed by atoms with Crippen molar-refractivity contribution < 1.29 is 4.79 Å². The van der Waals surface area contributed by atoms with Crippen molar-refractivity contribution in [1.82, 2.24) is 15.2 Å². The smallest absolute Gasteiger partial charge is 0.269 e. The van der Waals surface area contributed by atoms with Crippen molar-refractivity contribution in [2.45, 2.75) is 38.8 Å². The van der Waals surface area contributed by atoms with Gasteiger partial charge in [0, 0.05) is 13.1 Å². The Balaban J connectivity index is 2.25. The highest BCUT2D eigenvalue weighted by molar-refractivity contribution is 5.91. The van der Waals surface area contributed by atoms with Crippen LogP contribution in [0.5, 0.6) is 0 Å². The van der Waals surface area contributed by atoms with Crippen molar-refractivity contribution >= 4 is 5.91 Å². The first-order valence-corrected chi connectivity index (χ1v) is 6.58. The zero-order valence-electron chi connectivity index (χ0n) is 11.3. The summed E-state index contributed by atoms with van der Waals surface area (Å²) < 4.78 is 0. The average molecular weight is 247 g/mol. The molecule has 1 atom stereocenters. The highest BCUT2D eigenvalue weighted by Gasteiger charge is 2.29. The van der Waals surface area contributed by atoms with E-state index in [9.17, 15) is 4.79 Å². The van der Waals surface area contributed by atoms with E-state index in [1.807, 2.05) is 12.1 Å². The Kier molecular flexibility index (Phi) is 3.97. The van der Waals surface area contributed by atoms with Gasteiger partial charge in [-0.1, -0.05) is 6.07 Å². The topological polar surface area (TPSA) is 45.2 Å². The number of hydrogen-bond acceptors (Lipinski definition) is 3. The van der Waals surface area contributed by atoms with E-state index in [-0.39, 0.29) is 5.91 Å². The highest BCUT2D eigenvalue weighted by Crippen LogP contribution is 2.32. The van der Waals surface area contributed by atoms with Gasteiger partial charge in [-0.2, -0.15) is 0 Å². The maximum Gasteiger partial charge on any atom is 0.269 e. The van der Waals surface area contributed by atoms with E-state index in [1.165, 1.54) is 6.42 Å². The standard InChI is InChI=1S/C14H21N3O/c1-10(2)17-9-5-8-13(17)11-6-4-7-12(16-11)14(18)15-3/h4,6-7,10,13H,5,8-9H2,1-3H3,(H,15,18)/t13-/m0/s1. The molecule has 1 aromatic rings. The molecular weight excluding hydrogens is 226 g/mol. The summed E-state index contributed by atoms with van der Waals surface area (Å²) in [6.45, 7) is 5.54. The first-order chi connectivity index (χ1) is 8.63. The van der Waals surface area contributed by atoms with Gasteiger partial charge in [0.2, 0.25) is 0 Å². The van der Waals surface area contributed by atoms with Gasteiger partial charge in [-0.3, -0.25) is 9.69 Å². The number of aromatic nitrogens is 1.